The maximum Gasteiger partial charge on any atom is 0.402 e. The van der Waals surface area contributed by atoms with Crippen LogP contribution in [0.4, 0.5) is 8.78 Å². The van der Waals surface area contributed by atoms with E-state index < -0.39 is 46.3 Å². The molecule has 106 valence electrons. The number of alkyl halides is 2. The minimum absolute atomic E-state index is 0.411. The Bertz CT molecular complexity index is 535. The number of carbonyl (C=O) groups excluding carboxylic acids is 3. The Labute approximate surface area is 105 Å². The summed E-state index contributed by atoms with van der Waals surface area (Å²) in [6.07, 6.45) is 1.73. The summed E-state index contributed by atoms with van der Waals surface area (Å²) in [5.74, 6) is -3.08. The van der Waals surface area contributed by atoms with E-state index in [1.54, 1.807) is 0 Å². The highest BCUT2D eigenvalue weighted by molar-refractivity contribution is 7.86. The van der Waals surface area contributed by atoms with Crippen LogP contribution in [0.25, 0.3) is 0 Å². The number of rotatable bonds is 5. The van der Waals surface area contributed by atoms with Crippen LogP contribution in [0.15, 0.2) is 12.2 Å². The second-order valence-electron chi connectivity index (χ2n) is 3.37. The van der Waals surface area contributed by atoms with Crippen LogP contribution in [-0.2, 0) is 29.2 Å². The van der Waals surface area contributed by atoms with Crippen molar-refractivity contribution >= 4 is 27.9 Å². The molecule has 0 aromatic heterocycles. The van der Waals surface area contributed by atoms with E-state index in [0.717, 1.165) is 12.2 Å². The molecule has 0 radical (unpaired) electrons. The molecule has 0 aromatic carbocycles. The Hall–Kier alpha value is -1.88. The van der Waals surface area contributed by atoms with E-state index in [2.05, 4.69) is 4.74 Å². The van der Waals surface area contributed by atoms with Crippen LogP contribution < -0.4 is 0 Å². The number of halogens is 2. The van der Waals surface area contributed by atoms with Gasteiger partial charge in [-0.25, -0.2) is 0 Å². The molecule has 0 saturated carbocycles. The first kappa shape index (κ1) is 15.2. The fraction of sp³-hybridized carbons (Fsp3) is 0.375. The van der Waals surface area contributed by atoms with Crippen molar-refractivity contribution in [3.05, 3.63) is 12.2 Å². The summed E-state index contributed by atoms with van der Waals surface area (Å²) in [7, 11) is -5.72. The maximum atomic E-state index is 12.7. The molecule has 0 saturated heterocycles. The summed E-state index contributed by atoms with van der Waals surface area (Å²) in [5, 5.41) is -4.67. The van der Waals surface area contributed by atoms with Crippen molar-refractivity contribution < 1.29 is 40.9 Å². The molecular formula is C8H7F2NO7S. The smallest absolute Gasteiger partial charge is 0.402 e. The second-order valence-corrected chi connectivity index (χ2v) is 4.92. The summed E-state index contributed by atoms with van der Waals surface area (Å²) in [6.45, 7) is -2.86. The molecule has 0 aliphatic carbocycles. The van der Waals surface area contributed by atoms with E-state index in [1.807, 2.05) is 0 Å². The van der Waals surface area contributed by atoms with Gasteiger partial charge in [0.15, 0.2) is 6.61 Å². The maximum absolute atomic E-state index is 12.7. The van der Waals surface area contributed by atoms with Crippen molar-refractivity contribution in [2.24, 2.45) is 0 Å². The van der Waals surface area contributed by atoms with Gasteiger partial charge in [-0.05, 0) is 0 Å². The van der Waals surface area contributed by atoms with Gasteiger partial charge in [0.1, 0.15) is 6.54 Å². The van der Waals surface area contributed by atoms with Crippen LogP contribution in [0.2, 0.25) is 0 Å². The zero-order valence-electron chi connectivity index (χ0n) is 9.08. The average molecular weight is 299 g/mol. The minimum Gasteiger partial charge on any atom is -0.457 e. The molecule has 1 heterocycles. The van der Waals surface area contributed by atoms with Crippen LogP contribution in [0.3, 0.4) is 0 Å². The van der Waals surface area contributed by atoms with Crippen molar-refractivity contribution in [3.8, 4) is 0 Å². The normalized spacial score (nSPS) is 16.1. The fourth-order valence-corrected chi connectivity index (χ4v) is 1.21. The van der Waals surface area contributed by atoms with Crippen LogP contribution in [0, 0.1) is 0 Å². The SMILES string of the molecule is O=C(CN1C(=O)C=CC1=O)OCC(F)(F)S(=O)(=O)O. The lowest BCUT2D eigenvalue weighted by Gasteiger charge is -2.15. The molecule has 8 nitrogen and oxygen atoms in total. The minimum atomic E-state index is -5.72. The average Bonchev–Trinajstić information content (AvgIpc) is 2.57. The molecule has 1 N–H and O–H groups in total. The number of esters is 1. The highest BCUT2D eigenvalue weighted by atomic mass is 32.2. The number of nitrogens with zero attached hydrogens (tertiary/aromatic N) is 1. The number of amides is 2. The fourth-order valence-electron chi connectivity index (χ4n) is 1.00. The van der Waals surface area contributed by atoms with Crippen LogP contribution in [-0.4, -0.2) is 54.1 Å². The van der Waals surface area contributed by atoms with Crippen molar-refractivity contribution in [2.75, 3.05) is 13.2 Å². The van der Waals surface area contributed by atoms with E-state index in [1.165, 1.54) is 0 Å². The quantitative estimate of drug-likeness (QED) is 0.390. The van der Waals surface area contributed by atoms with Gasteiger partial charge in [0.2, 0.25) is 0 Å². The lowest BCUT2D eigenvalue weighted by Crippen LogP contribution is -2.39. The van der Waals surface area contributed by atoms with Gasteiger partial charge in [-0.1, -0.05) is 0 Å². The Morgan fingerprint density at radius 3 is 2.21 bits per heavy atom. The largest absolute Gasteiger partial charge is 0.457 e. The summed E-state index contributed by atoms with van der Waals surface area (Å²) < 4.78 is 57.8. The second kappa shape index (κ2) is 5.01. The predicted molar refractivity (Wildman–Crippen MR) is 53.3 cm³/mol. The third-order valence-corrected chi connectivity index (χ3v) is 2.84. The van der Waals surface area contributed by atoms with Gasteiger partial charge in [-0.15, -0.1) is 0 Å². The van der Waals surface area contributed by atoms with E-state index in [0.29, 0.717) is 4.90 Å². The molecule has 0 unspecified atom stereocenters. The van der Waals surface area contributed by atoms with Gasteiger partial charge in [0.05, 0.1) is 0 Å². The molecule has 0 atom stereocenters. The first-order valence-electron chi connectivity index (χ1n) is 4.58. The lowest BCUT2D eigenvalue weighted by molar-refractivity contribution is -0.155. The third kappa shape index (κ3) is 3.54. The lowest BCUT2D eigenvalue weighted by atomic mass is 10.5. The number of hydrogen-bond acceptors (Lipinski definition) is 6. The van der Waals surface area contributed by atoms with E-state index in [4.69, 9.17) is 4.55 Å². The number of imide groups is 1. The predicted octanol–water partition coefficient (Wildman–Crippen LogP) is -1.06. The zero-order valence-corrected chi connectivity index (χ0v) is 9.89. The summed E-state index contributed by atoms with van der Waals surface area (Å²) in [5.41, 5.74) is 0. The monoisotopic (exact) mass is 299 g/mol. The number of carbonyl (C=O) groups is 3. The molecule has 0 fully saturated rings. The topological polar surface area (TPSA) is 118 Å². The highest BCUT2D eigenvalue weighted by Crippen LogP contribution is 2.20. The van der Waals surface area contributed by atoms with E-state index in [9.17, 15) is 31.6 Å². The van der Waals surface area contributed by atoms with E-state index >= 15 is 0 Å². The number of hydrogen-bond donors (Lipinski definition) is 1. The molecule has 1 rings (SSSR count). The zero-order chi connectivity index (χ0) is 14.8. The first-order chi connectivity index (χ1) is 8.54. The van der Waals surface area contributed by atoms with Crippen LogP contribution in [0.1, 0.15) is 0 Å². The molecular weight excluding hydrogens is 292 g/mol. The molecule has 0 bridgehead atoms. The molecule has 0 aromatic rings. The van der Waals surface area contributed by atoms with Crippen molar-refractivity contribution in [3.63, 3.8) is 0 Å². The van der Waals surface area contributed by atoms with Crippen molar-refractivity contribution in [1.82, 2.24) is 4.90 Å². The Morgan fingerprint density at radius 1 is 1.32 bits per heavy atom. The van der Waals surface area contributed by atoms with Gasteiger partial charge in [-0.3, -0.25) is 23.8 Å². The van der Waals surface area contributed by atoms with Gasteiger partial charge in [0.25, 0.3) is 11.8 Å². The molecule has 11 heteroatoms. The standard InChI is InChI=1S/C8H7F2NO7S/c9-8(10,19(15,16)17)4-18-7(14)3-11-5(12)1-2-6(11)13/h1-2H,3-4H2,(H,15,16,17). The van der Waals surface area contributed by atoms with Crippen molar-refractivity contribution in [2.45, 2.75) is 5.25 Å². The van der Waals surface area contributed by atoms with Crippen LogP contribution >= 0.6 is 0 Å². The molecule has 19 heavy (non-hydrogen) atoms. The van der Waals surface area contributed by atoms with Crippen LogP contribution in [0.5, 0.6) is 0 Å². The molecule has 1 aliphatic heterocycles. The van der Waals surface area contributed by atoms with Gasteiger partial charge >= 0.3 is 21.3 Å². The van der Waals surface area contributed by atoms with Gasteiger partial charge < -0.3 is 4.74 Å². The Kier molecular flexibility index (Phi) is 4.00. The molecule has 1 aliphatic rings. The van der Waals surface area contributed by atoms with Crippen molar-refractivity contribution in [1.29, 1.82) is 0 Å². The molecule has 0 spiro atoms. The van der Waals surface area contributed by atoms with E-state index in [-0.39, 0.29) is 0 Å². The summed E-state index contributed by atoms with van der Waals surface area (Å²) in [6, 6.07) is 0. The number of ether oxygens (including phenoxy) is 1. The summed E-state index contributed by atoms with van der Waals surface area (Å²) in [4.78, 5) is 33.5. The first-order valence-corrected chi connectivity index (χ1v) is 6.02. The summed E-state index contributed by atoms with van der Waals surface area (Å²) >= 11 is 0. The Balaban J connectivity index is 2.54. The van der Waals surface area contributed by atoms with Gasteiger partial charge in [-0.2, -0.15) is 17.2 Å². The third-order valence-electron chi connectivity index (χ3n) is 1.97. The Morgan fingerprint density at radius 2 is 1.79 bits per heavy atom. The molecule has 2 amide bonds. The highest BCUT2D eigenvalue weighted by Gasteiger charge is 2.45. The van der Waals surface area contributed by atoms with Gasteiger partial charge in [0, 0.05) is 12.2 Å².